The number of nitrogens with one attached hydrogen (secondary N) is 1. The zero-order chi connectivity index (χ0) is 20.6. The molecule has 0 radical (unpaired) electrons. The van der Waals surface area contributed by atoms with Gasteiger partial charge in [-0.3, -0.25) is 19.6 Å². The number of aromatic nitrogens is 1. The predicted octanol–water partition coefficient (Wildman–Crippen LogP) is 2.36. The van der Waals surface area contributed by atoms with E-state index < -0.39 is 0 Å². The summed E-state index contributed by atoms with van der Waals surface area (Å²) in [7, 11) is 0. The molecule has 6 nitrogen and oxygen atoms in total. The van der Waals surface area contributed by atoms with Crippen LogP contribution in [0.5, 0.6) is 0 Å². The third kappa shape index (κ3) is 6.25. The average Bonchev–Trinajstić information content (AvgIpc) is 2.81. The number of pyridine rings is 1. The molecule has 3 fully saturated rings. The van der Waals surface area contributed by atoms with E-state index in [-0.39, 0.29) is 11.8 Å². The minimum atomic E-state index is 0.176. The molecule has 3 aliphatic rings. The molecule has 1 atom stereocenters. The smallest absolute Gasteiger partial charge is 0.224 e. The summed E-state index contributed by atoms with van der Waals surface area (Å²) in [6.45, 7) is 9.65. The fraction of sp³-hybridized carbons (Fsp3) is 0.750. The molecule has 0 unspecified atom stereocenters. The van der Waals surface area contributed by atoms with Crippen LogP contribution in [0.4, 0.5) is 0 Å². The van der Waals surface area contributed by atoms with Gasteiger partial charge in [0.25, 0.3) is 0 Å². The highest BCUT2D eigenvalue weighted by Crippen LogP contribution is 2.24. The lowest BCUT2D eigenvalue weighted by Gasteiger charge is -2.42. The van der Waals surface area contributed by atoms with Crippen molar-refractivity contribution < 1.29 is 4.79 Å². The number of rotatable bonds is 7. The van der Waals surface area contributed by atoms with Crippen LogP contribution in [0.3, 0.4) is 0 Å². The van der Waals surface area contributed by atoms with Gasteiger partial charge in [0.15, 0.2) is 0 Å². The Kier molecular flexibility index (Phi) is 8.12. The number of carbonyl (C=O) groups is 1. The average molecular weight is 414 g/mol. The first-order valence-corrected chi connectivity index (χ1v) is 12.1. The molecule has 3 aliphatic heterocycles. The standard InChI is InChI=1S/C24H39N5O/c30-24(26-12-18-27-13-2-1-3-14-27)22-5-4-15-29(20-22)23-8-16-28(17-9-23)19-21-6-10-25-11-7-21/h6-7,10-11,22-23H,1-5,8-9,12-20H2,(H,26,30)/t22-/m1/s1. The molecule has 0 saturated carbocycles. The van der Waals surface area contributed by atoms with E-state index >= 15 is 0 Å². The summed E-state index contributed by atoms with van der Waals surface area (Å²) in [5.74, 6) is 0.460. The molecule has 0 aromatic carbocycles. The van der Waals surface area contributed by atoms with Crippen LogP contribution in [-0.2, 0) is 11.3 Å². The van der Waals surface area contributed by atoms with E-state index in [2.05, 4.69) is 37.1 Å². The number of piperidine rings is 3. The first-order chi connectivity index (χ1) is 14.8. The second kappa shape index (κ2) is 11.2. The van der Waals surface area contributed by atoms with Crippen LogP contribution in [-0.4, -0.2) is 84.0 Å². The summed E-state index contributed by atoms with van der Waals surface area (Å²) in [5.41, 5.74) is 1.35. The van der Waals surface area contributed by atoms with Gasteiger partial charge >= 0.3 is 0 Å². The van der Waals surface area contributed by atoms with Gasteiger partial charge in [-0.15, -0.1) is 0 Å². The van der Waals surface area contributed by atoms with Gasteiger partial charge in [-0.05, 0) is 88.9 Å². The number of nitrogens with zero attached hydrogens (tertiary/aromatic N) is 4. The lowest BCUT2D eigenvalue weighted by molar-refractivity contribution is -0.127. The van der Waals surface area contributed by atoms with Crippen molar-refractivity contribution in [2.75, 3.05) is 52.4 Å². The summed E-state index contributed by atoms with van der Waals surface area (Å²) in [5, 5.41) is 3.24. The Balaban J connectivity index is 1.17. The van der Waals surface area contributed by atoms with E-state index in [0.29, 0.717) is 6.04 Å². The number of carbonyl (C=O) groups excluding carboxylic acids is 1. The normalized spacial score (nSPS) is 25.3. The third-order valence-corrected chi connectivity index (χ3v) is 7.23. The fourth-order valence-electron chi connectivity index (χ4n) is 5.41. The van der Waals surface area contributed by atoms with Crippen LogP contribution in [0, 0.1) is 5.92 Å². The summed E-state index contributed by atoms with van der Waals surface area (Å²) in [6, 6.07) is 4.87. The second-order valence-corrected chi connectivity index (χ2v) is 9.39. The van der Waals surface area contributed by atoms with E-state index in [0.717, 1.165) is 58.7 Å². The van der Waals surface area contributed by atoms with Crippen molar-refractivity contribution in [3.63, 3.8) is 0 Å². The van der Waals surface area contributed by atoms with Crippen molar-refractivity contribution in [1.82, 2.24) is 25.0 Å². The molecule has 30 heavy (non-hydrogen) atoms. The van der Waals surface area contributed by atoms with E-state index in [1.165, 1.54) is 50.8 Å². The topological polar surface area (TPSA) is 51.7 Å². The van der Waals surface area contributed by atoms with Crippen LogP contribution in [0.1, 0.15) is 50.5 Å². The maximum absolute atomic E-state index is 12.8. The molecule has 0 aliphatic carbocycles. The maximum Gasteiger partial charge on any atom is 0.224 e. The van der Waals surface area contributed by atoms with Crippen molar-refractivity contribution in [3.8, 4) is 0 Å². The number of hydrogen-bond acceptors (Lipinski definition) is 5. The SMILES string of the molecule is O=C(NCCN1CCCCC1)[C@@H]1CCCN(C2CCN(Cc3ccncc3)CC2)C1. The molecule has 0 bridgehead atoms. The molecule has 4 rings (SSSR count). The highest BCUT2D eigenvalue weighted by Gasteiger charge is 2.31. The van der Waals surface area contributed by atoms with Crippen LogP contribution < -0.4 is 5.32 Å². The maximum atomic E-state index is 12.8. The predicted molar refractivity (Wildman–Crippen MR) is 120 cm³/mol. The van der Waals surface area contributed by atoms with Crippen LogP contribution in [0.25, 0.3) is 0 Å². The quantitative estimate of drug-likeness (QED) is 0.744. The Bertz CT molecular complexity index is 640. The Hall–Kier alpha value is -1.50. The van der Waals surface area contributed by atoms with Crippen molar-refractivity contribution in [2.45, 2.75) is 57.5 Å². The Morgan fingerprint density at radius 1 is 0.933 bits per heavy atom. The largest absolute Gasteiger partial charge is 0.355 e. The molecule has 3 saturated heterocycles. The highest BCUT2D eigenvalue weighted by molar-refractivity contribution is 5.78. The molecule has 1 aromatic heterocycles. The number of hydrogen-bond donors (Lipinski definition) is 1. The monoisotopic (exact) mass is 413 g/mol. The molecule has 1 N–H and O–H groups in total. The van der Waals surface area contributed by atoms with Crippen molar-refractivity contribution in [1.29, 1.82) is 0 Å². The first kappa shape index (κ1) is 21.7. The Labute approximate surface area is 182 Å². The molecule has 6 heteroatoms. The van der Waals surface area contributed by atoms with Gasteiger partial charge in [0, 0.05) is 44.6 Å². The van der Waals surface area contributed by atoms with Gasteiger partial charge in [-0.2, -0.15) is 0 Å². The molecular weight excluding hydrogens is 374 g/mol. The van der Waals surface area contributed by atoms with Crippen molar-refractivity contribution >= 4 is 5.91 Å². The van der Waals surface area contributed by atoms with Gasteiger partial charge in [-0.25, -0.2) is 0 Å². The van der Waals surface area contributed by atoms with E-state index in [1.54, 1.807) is 0 Å². The van der Waals surface area contributed by atoms with Crippen LogP contribution >= 0.6 is 0 Å². The van der Waals surface area contributed by atoms with Gasteiger partial charge in [0.1, 0.15) is 0 Å². The third-order valence-electron chi connectivity index (χ3n) is 7.23. The molecule has 166 valence electrons. The van der Waals surface area contributed by atoms with Crippen LogP contribution in [0.2, 0.25) is 0 Å². The summed E-state index contributed by atoms with van der Waals surface area (Å²) < 4.78 is 0. The molecular formula is C24H39N5O. The van der Waals surface area contributed by atoms with E-state index in [4.69, 9.17) is 0 Å². The van der Waals surface area contributed by atoms with Crippen molar-refractivity contribution in [2.24, 2.45) is 5.92 Å². The van der Waals surface area contributed by atoms with E-state index in [1.807, 2.05) is 12.4 Å². The van der Waals surface area contributed by atoms with Crippen molar-refractivity contribution in [3.05, 3.63) is 30.1 Å². The molecule has 1 amide bonds. The van der Waals surface area contributed by atoms with E-state index in [9.17, 15) is 4.79 Å². The van der Waals surface area contributed by atoms with Gasteiger partial charge < -0.3 is 10.2 Å². The Morgan fingerprint density at radius 2 is 1.70 bits per heavy atom. The fourth-order valence-corrected chi connectivity index (χ4v) is 5.41. The number of amides is 1. The van der Waals surface area contributed by atoms with Gasteiger partial charge in [0.2, 0.25) is 5.91 Å². The van der Waals surface area contributed by atoms with Crippen LogP contribution in [0.15, 0.2) is 24.5 Å². The summed E-state index contributed by atoms with van der Waals surface area (Å²) in [6.07, 6.45) is 12.4. The first-order valence-electron chi connectivity index (χ1n) is 12.1. The van der Waals surface area contributed by atoms with Gasteiger partial charge in [0.05, 0.1) is 5.92 Å². The summed E-state index contributed by atoms with van der Waals surface area (Å²) >= 11 is 0. The minimum Gasteiger partial charge on any atom is -0.355 e. The second-order valence-electron chi connectivity index (χ2n) is 9.39. The lowest BCUT2D eigenvalue weighted by Crippen LogP contribution is -2.51. The zero-order valence-corrected chi connectivity index (χ0v) is 18.5. The highest BCUT2D eigenvalue weighted by atomic mass is 16.1. The summed E-state index contributed by atoms with van der Waals surface area (Å²) in [4.78, 5) is 24.5. The lowest BCUT2D eigenvalue weighted by atomic mass is 9.93. The Morgan fingerprint density at radius 3 is 2.47 bits per heavy atom. The number of likely N-dealkylation sites (tertiary alicyclic amines) is 3. The minimum absolute atomic E-state index is 0.176. The molecule has 0 spiro atoms. The molecule has 1 aromatic rings. The van der Waals surface area contributed by atoms with Gasteiger partial charge in [-0.1, -0.05) is 6.42 Å². The zero-order valence-electron chi connectivity index (χ0n) is 18.5. The molecule has 4 heterocycles.